The first kappa shape index (κ1) is 25.3. The maximum absolute atomic E-state index is 13.1. The number of amides is 2. The lowest BCUT2D eigenvalue weighted by molar-refractivity contribution is -0.199. The first-order chi connectivity index (χ1) is 16.5. The summed E-state index contributed by atoms with van der Waals surface area (Å²) in [4.78, 5) is 30.1. The summed E-state index contributed by atoms with van der Waals surface area (Å²) in [5, 5.41) is 6.41. The number of rotatable bonds is 6. The van der Waals surface area contributed by atoms with E-state index in [1.807, 2.05) is 12.1 Å². The predicted molar refractivity (Wildman–Crippen MR) is 135 cm³/mol. The van der Waals surface area contributed by atoms with Gasteiger partial charge in [-0.1, -0.05) is 41.2 Å². The Balaban J connectivity index is 1.36. The molecule has 1 unspecified atom stereocenters. The molecule has 0 bridgehead atoms. The number of aromatic nitrogens is 1. The SMILES string of the molecule is CC1(C(F)(F)F)C=CC(C(=O)Nc2nc3ccc(NC(=O)CSc4ccc(Cl)cc4)cc3s2)=CC1. The van der Waals surface area contributed by atoms with E-state index in [2.05, 4.69) is 15.6 Å². The van der Waals surface area contributed by atoms with Crippen molar-refractivity contribution in [3.63, 3.8) is 0 Å². The molecule has 3 aromatic rings. The van der Waals surface area contributed by atoms with Crippen LogP contribution in [0.3, 0.4) is 0 Å². The molecule has 1 aliphatic rings. The molecular weight excluding hydrogens is 519 g/mol. The molecule has 0 aliphatic heterocycles. The van der Waals surface area contributed by atoms with Gasteiger partial charge < -0.3 is 5.32 Å². The minimum absolute atomic E-state index is 0.150. The van der Waals surface area contributed by atoms with Gasteiger partial charge in [-0.05, 0) is 55.8 Å². The summed E-state index contributed by atoms with van der Waals surface area (Å²) in [7, 11) is 0. The number of nitrogens with zero attached hydrogens (tertiary/aromatic N) is 1. The number of hydrogen-bond acceptors (Lipinski definition) is 5. The van der Waals surface area contributed by atoms with Crippen molar-refractivity contribution < 1.29 is 22.8 Å². The molecular formula is C24H19ClF3N3O2S2. The summed E-state index contributed by atoms with van der Waals surface area (Å²) < 4.78 is 40.2. The molecule has 1 aliphatic carbocycles. The topological polar surface area (TPSA) is 71.1 Å². The monoisotopic (exact) mass is 537 g/mol. The number of anilines is 2. The van der Waals surface area contributed by atoms with E-state index < -0.39 is 17.5 Å². The first-order valence-electron chi connectivity index (χ1n) is 10.4. The van der Waals surface area contributed by atoms with Crippen molar-refractivity contribution in [1.29, 1.82) is 0 Å². The minimum Gasteiger partial charge on any atom is -0.325 e. The Labute approximate surface area is 212 Å². The molecule has 0 fully saturated rings. The van der Waals surface area contributed by atoms with Crippen molar-refractivity contribution in [2.24, 2.45) is 5.41 Å². The molecule has 2 N–H and O–H groups in total. The Hall–Kier alpha value is -2.82. The number of carbonyl (C=O) groups excluding carboxylic acids is 2. The molecule has 1 heterocycles. The highest BCUT2D eigenvalue weighted by Crippen LogP contribution is 2.44. The zero-order valence-corrected chi connectivity index (χ0v) is 20.7. The van der Waals surface area contributed by atoms with E-state index in [1.165, 1.54) is 35.3 Å². The van der Waals surface area contributed by atoms with E-state index in [4.69, 9.17) is 11.6 Å². The van der Waals surface area contributed by atoms with Crippen LogP contribution in [-0.2, 0) is 9.59 Å². The highest BCUT2D eigenvalue weighted by atomic mass is 35.5. The molecule has 0 saturated heterocycles. The summed E-state index contributed by atoms with van der Waals surface area (Å²) in [6, 6.07) is 12.4. The number of carbonyl (C=O) groups is 2. The third-order valence-corrected chi connectivity index (χ3v) is 7.56. The van der Waals surface area contributed by atoms with E-state index in [1.54, 1.807) is 30.3 Å². The van der Waals surface area contributed by atoms with Crippen molar-refractivity contribution in [3.05, 3.63) is 71.3 Å². The Morgan fingerprint density at radius 2 is 1.91 bits per heavy atom. The fourth-order valence-electron chi connectivity index (χ4n) is 3.21. The second-order valence-corrected chi connectivity index (χ2v) is 10.6. The molecule has 0 saturated carbocycles. The lowest BCUT2D eigenvalue weighted by Crippen LogP contribution is -2.34. The molecule has 5 nitrogen and oxygen atoms in total. The van der Waals surface area contributed by atoms with Gasteiger partial charge in [-0.15, -0.1) is 11.8 Å². The van der Waals surface area contributed by atoms with Crippen LogP contribution in [-0.4, -0.2) is 28.7 Å². The summed E-state index contributed by atoms with van der Waals surface area (Å²) in [5.41, 5.74) is -0.625. The average molecular weight is 538 g/mol. The second-order valence-electron chi connectivity index (χ2n) is 8.06. The predicted octanol–water partition coefficient (Wildman–Crippen LogP) is 7.07. The van der Waals surface area contributed by atoms with Crippen molar-refractivity contribution in [3.8, 4) is 0 Å². The van der Waals surface area contributed by atoms with Gasteiger partial charge in [0.2, 0.25) is 5.91 Å². The average Bonchev–Trinajstić information content (AvgIpc) is 3.20. The van der Waals surface area contributed by atoms with Crippen LogP contribution in [0.4, 0.5) is 24.0 Å². The molecule has 0 radical (unpaired) electrons. The number of allylic oxidation sites excluding steroid dienone is 2. The van der Waals surface area contributed by atoms with Gasteiger partial charge in [0.05, 0.1) is 21.4 Å². The lowest BCUT2D eigenvalue weighted by atomic mass is 9.81. The van der Waals surface area contributed by atoms with Crippen molar-refractivity contribution >= 4 is 67.5 Å². The fraction of sp³-hybridized carbons (Fsp3) is 0.208. The lowest BCUT2D eigenvalue weighted by Gasteiger charge is -2.30. The van der Waals surface area contributed by atoms with Gasteiger partial charge in [0.1, 0.15) is 0 Å². The Morgan fingerprint density at radius 1 is 1.17 bits per heavy atom. The van der Waals surface area contributed by atoms with Crippen LogP contribution in [0.2, 0.25) is 5.02 Å². The number of thiazole rings is 1. The summed E-state index contributed by atoms with van der Waals surface area (Å²) in [5.74, 6) is -0.485. The van der Waals surface area contributed by atoms with E-state index in [-0.39, 0.29) is 23.7 Å². The van der Waals surface area contributed by atoms with Crippen molar-refractivity contribution in [1.82, 2.24) is 4.98 Å². The van der Waals surface area contributed by atoms with Crippen LogP contribution in [0, 0.1) is 5.41 Å². The molecule has 2 aromatic carbocycles. The van der Waals surface area contributed by atoms with Gasteiger partial charge in [0.15, 0.2) is 5.13 Å². The number of nitrogens with one attached hydrogen (secondary N) is 2. The standard InChI is InChI=1S/C24H19ClF3N3O2S2/c1-23(24(26,27)28)10-8-14(9-11-23)21(33)31-22-30-18-7-4-16(12-19(18)35-22)29-20(32)13-34-17-5-2-15(25)3-6-17/h2-10,12H,11,13H2,1H3,(H,29,32)(H,30,31,33). The van der Waals surface area contributed by atoms with Crippen molar-refractivity contribution in [2.45, 2.75) is 24.4 Å². The number of hydrogen-bond donors (Lipinski definition) is 2. The highest BCUT2D eigenvalue weighted by Gasteiger charge is 2.49. The third-order valence-electron chi connectivity index (χ3n) is 5.36. The van der Waals surface area contributed by atoms with Gasteiger partial charge in [0, 0.05) is 21.2 Å². The second kappa shape index (κ2) is 10.0. The van der Waals surface area contributed by atoms with Crippen LogP contribution in [0.1, 0.15) is 13.3 Å². The van der Waals surface area contributed by atoms with Gasteiger partial charge in [0.25, 0.3) is 5.91 Å². The Bertz CT molecular complexity index is 1340. The van der Waals surface area contributed by atoms with Gasteiger partial charge in [-0.3, -0.25) is 14.9 Å². The molecule has 182 valence electrons. The van der Waals surface area contributed by atoms with Gasteiger partial charge >= 0.3 is 6.18 Å². The van der Waals surface area contributed by atoms with E-state index in [9.17, 15) is 22.8 Å². The number of alkyl halides is 3. The number of thioether (sulfide) groups is 1. The largest absolute Gasteiger partial charge is 0.397 e. The van der Waals surface area contributed by atoms with E-state index >= 15 is 0 Å². The molecule has 11 heteroatoms. The van der Waals surface area contributed by atoms with Crippen molar-refractivity contribution in [2.75, 3.05) is 16.4 Å². The highest BCUT2D eigenvalue weighted by molar-refractivity contribution is 8.00. The number of fused-ring (bicyclic) bond motifs is 1. The Morgan fingerprint density at radius 3 is 2.57 bits per heavy atom. The van der Waals surface area contributed by atoms with E-state index in [0.29, 0.717) is 21.4 Å². The molecule has 2 amide bonds. The van der Waals surface area contributed by atoms with Crippen LogP contribution in [0.25, 0.3) is 10.2 Å². The van der Waals surface area contributed by atoms with Crippen LogP contribution >= 0.6 is 34.7 Å². The molecule has 0 spiro atoms. The third kappa shape index (κ3) is 6.06. The summed E-state index contributed by atoms with van der Waals surface area (Å²) in [6.07, 6.45) is -1.22. The number of benzene rings is 2. The van der Waals surface area contributed by atoms with Crippen LogP contribution < -0.4 is 10.6 Å². The minimum atomic E-state index is -4.39. The normalized spacial score (nSPS) is 17.8. The molecule has 35 heavy (non-hydrogen) atoms. The first-order valence-corrected chi connectivity index (χ1v) is 12.6. The fourth-order valence-corrected chi connectivity index (χ4v) is 4.94. The van der Waals surface area contributed by atoms with Crippen LogP contribution in [0.15, 0.2) is 71.2 Å². The maximum atomic E-state index is 13.1. The quantitative estimate of drug-likeness (QED) is 0.330. The molecule has 4 rings (SSSR count). The zero-order valence-electron chi connectivity index (χ0n) is 18.3. The van der Waals surface area contributed by atoms with Crippen LogP contribution in [0.5, 0.6) is 0 Å². The molecule has 1 aromatic heterocycles. The zero-order chi connectivity index (χ0) is 25.2. The van der Waals surface area contributed by atoms with Gasteiger partial charge in [-0.25, -0.2) is 4.98 Å². The Kier molecular flexibility index (Phi) is 7.25. The van der Waals surface area contributed by atoms with E-state index in [0.717, 1.165) is 22.6 Å². The number of halogens is 4. The maximum Gasteiger partial charge on any atom is 0.397 e. The van der Waals surface area contributed by atoms with Gasteiger partial charge in [-0.2, -0.15) is 13.2 Å². The molecule has 1 atom stereocenters. The summed E-state index contributed by atoms with van der Waals surface area (Å²) in [6.45, 7) is 1.09. The summed E-state index contributed by atoms with van der Waals surface area (Å²) >= 11 is 8.45. The smallest absolute Gasteiger partial charge is 0.325 e.